The molecule has 0 N–H and O–H groups in total. The molecule has 0 aliphatic rings. The fourth-order valence-electron chi connectivity index (χ4n) is 2.59. The third kappa shape index (κ3) is 3.54. The lowest BCUT2D eigenvalue weighted by Gasteiger charge is -1.98. The van der Waals surface area contributed by atoms with Gasteiger partial charge in [0, 0.05) is 12.4 Å². The third-order valence-corrected chi connectivity index (χ3v) is 3.84. The summed E-state index contributed by atoms with van der Waals surface area (Å²) < 4.78 is 0. The molecule has 5 aromatic rings. The Morgan fingerprint density at radius 1 is 0.385 bits per heavy atom. The van der Waals surface area contributed by atoms with Gasteiger partial charge in [-0.1, -0.05) is 36.4 Å². The summed E-state index contributed by atoms with van der Waals surface area (Å²) in [5, 5.41) is 0. The lowest BCUT2D eigenvalue weighted by Crippen LogP contribution is -1.85. The van der Waals surface area contributed by atoms with Crippen molar-refractivity contribution in [3.8, 4) is 11.4 Å². The molecule has 0 unspecified atom stereocenters. The first-order valence-corrected chi connectivity index (χ1v) is 8.34. The van der Waals surface area contributed by atoms with Gasteiger partial charge in [-0.2, -0.15) is 0 Å². The maximum absolute atomic E-state index is 4.52. The van der Waals surface area contributed by atoms with Gasteiger partial charge < -0.3 is 0 Å². The lowest BCUT2D eigenvalue weighted by atomic mass is 10.2. The van der Waals surface area contributed by atoms with E-state index in [1.807, 2.05) is 84.9 Å². The van der Waals surface area contributed by atoms with Crippen LogP contribution in [0.2, 0.25) is 0 Å². The van der Waals surface area contributed by atoms with Gasteiger partial charge in [0.15, 0.2) is 0 Å². The van der Waals surface area contributed by atoms with Gasteiger partial charge in [0.25, 0.3) is 0 Å². The monoisotopic (exact) mass is 336 g/mol. The van der Waals surface area contributed by atoms with E-state index in [1.165, 1.54) is 0 Å². The zero-order valence-corrected chi connectivity index (χ0v) is 14.0. The number of pyridine rings is 2. The smallest absolute Gasteiger partial charge is 0.0894 e. The fraction of sp³-hybridized carbons (Fsp3) is 0. The topological polar surface area (TPSA) is 51.6 Å². The van der Waals surface area contributed by atoms with Gasteiger partial charge in [0.1, 0.15) is 0 Å². The molecule has 0 aliphatic heterocycles. The molecule has 124 valence electrons. The number of benzene rings is 2. The van der Waals surface area contributed by atoms with Crippen LogP contribution in [0, 0.1) is 0 Å². The number of hydrogen-bond donors (Lipinski definition) is 0. The van der Waals surface area contributed by atoms with Crippen molar-refractivity contribution < 1.29 is 0 Å². The first-order valence-electron chi connectivity index (χ1n) is 8.34. The number of nitrogens with zero attached hydrogens (tertiary/aromatic N) is 4. The molecule has 26 heavy (non-hydrogen) atoms. The molecule has 0 atom stereocenters. The molecule has 0 saturated carbocycles. The second-order valence-corrected chi connectivity index (χ2v) is 5.63. The third-order valence-electron chi connectivity index (χ3n) is 3.84. The van der Waals surface area contributed by atoms with Crippen LogP contribution < -0.4 is 0 Å². The standard InChI is InChI=1S/C12H8N2.C10H8N2/c1-2-6-10-9(5-1)13-11-7-3-4-8-12(11)14-10;1-3-7-11-9(5-1)10-6-2-4-8-12-10/h1-8H;1-8H. The molecule has 0 bridgehead atoms. The summed E-state index contributed by atoms with van der Waals surface area (Å²) in [6.45, 7) is 0. The number of rotatable bonds is 1. The predicted octanol–water partition coefficient (Wildman–Crippen LogP) is 4.93. The van der Waals surface area contributed by atoms with Crippen LogP contribution in [0.3, 0.4) is 0 Å². The van der Waals surface area contributed by atoms with Crippen LogP contribution in [0.25, 0.3) is 33.5 Å². The van der Waals surface area contributed by atoms with Gasteiger partial charge in [-0.05, 0) is 48.5 Å². The van der Waals surface area contributed by atoms with Crippen molar-refractivity contribution in [2.75, 3.05) is 0 Å². The molecule has 0 radical (unpaired) electrons. The van der Waals surface area contributed by atoms with Crippen molar-refractivity contribution in [1.29, 1.82) is 0 Å². The van der Waals surface area contributed by atoms with Gasteiger partial charge in [-0.15, -0.1) is 0 Å². The van der Waals surface area contributed by atoms with Crippen LogP contribution in [-0.2, 0) is 0 Å². The molecule has 3 aromatic heterocycles. The highest BCUT2D eigenvalue weighted by Crippen LogP contribution is 2.14. The van der Waals surface area contributed by atoms with Crippen LogP contribution in [-0.4, -0.2) is 19.9 Å². The van der Waals surface area contributed by atoms with Gasteiger partial charge >= 0.3 is 0 Å². The summed E-state index contributed by atoms with van der Waals surface area (Å²) in [5.74, 6) is 0. The van der Waals surface area contributed by atoms with Crippen molar-refractivity contribution in [1.82, 2.24) is 19.9 Å². The molecule has 5 rings (SSSR count). The van der Waals surface area contributed by atoms with E-state index >= 15 is 0 Å². The van der Waals surface area contributed by atoms with E-state index in [9.17, 15) is 0 Å². The summed E-state index contributed by atoms with van der Waals surface area (Å²) in [5.41, 5.74) is 5.63. The van der Waals surface area contributed by atoms with E-state index < -0.39 is 0 Å². The number of para-hydroxylation sites is 4. The van der Waals surface area contributed by atoms with Gasteiger partial charge in [0.05, 0.1) is 33.5 Å². The number of fused-ring (bicyclic) bond motifs is 2. The number of hydrogen-bond acceptors (Lipinski definition) is 4. The van der Waals surface area contributed by atoms with Crippen LogP contribution in [0.4, 0.5) is 0 Å². The summed E-state index contributed by atoms with van der Waals surface area (Å²) in [7, 11) is 0. The minimum Gasteiger partial charge on any atom is -0.255 e. The molecule has 2 aromatic carbocycles. The Bertz CT molecular complexity index is 983. The van der Waals surface area contributed by atoms with E-state index in [-0.39, 0.29) is 0 Å². The first-order chi connectivity index (χ1) is 12.9. The zero-order valence-electron chi connectivity index (χ0n) is 14.0. The van der Waals surface area contributed by atoms with E-state index in [2.05, 4.69) is 19.9 Å². The molecule has 0 saturated heterocycles. The highest BCUT2D eigenvalue weighted by Gasteiger charge is 1.98. The summed E-state index contributed by atoms with van der Waals surface area (Å²) in [4.78, 5) is 17.4. The van der Waals surface area contributed by atoms with Crippen LogP contribution in [0.5, 0.6) is 0 Å². The predicted molar refractivity (Wildman–Crippen MR) is 105 cm³/mol. The highest BCUT2D eigenvalue weighted by atomic mass is 14.8. The number of aromatic nitrogens is 4. The van der Waals surface area contributed by atoms with Gasteiger partial charge in [0.2, 0.25) is 0 Å². The second-order valence-electron chi connectivity index (χ2n) is 5.63. The Hall–Kier alpha value is -3.66. The molecule has 3 heterocycles. The van der Waals surface area contributed by atoms with Crippen molar-refractivity contribution in [3.63, 3.8) is 0 Å². The Morgan fingerprint density at radius 2 is 0.731 bits per heavy atom. The zero-order chi connectivity index (χ0) is 17.6. The van der Waals surface area contributed by atoms with E-state index in [1.54, 1.807) is 12.4 Å². The largest absolute Gasteiger partial charge is 0.255 e. The van der Waals surface area contributed by atoms with Gasteiger partial charge in [-0.3, -0.25) is 9.97 Å². The van der Waals surface area contributed by atoms with E-state index in [0.717, 1.165) is 33.5 Å². The van der Waals surface area contributed by atoms with Crippen LogP contribution in [0.15, 0.2) is 97.3 Å². The van der Waals surface area contributed by atoms with Crippen molar-refractivity contribution in [2.45, 2.75) is 0 Å². The summed E-state index contributed by atoms with van der Waals surface area (Å²) in [6, 6.07) is 27.4. The average Bonchev–Trinajstić information content (AvgIpc) is 2.74. The molecular formula is C22H16N4. The maximum atomic E-state index is 4.52. The molecule has 0 spiro atoms. The average molecular weight is 336 g/mol. The quantitative estimate of drug-likeness (QED) is 0.407. The summed E-state index contributed by atoms with van der Waals surface area (Å²) >= 11 is 0. The van der Waals surface area contributed by atoms with Crippen molar-refractivity contribution in [3.05, 3.63) is 97.3 Å². The van der Waals surface area contributed by atoms with Crippen molar-refractivity contribution >= 4 is 22.1 Å². The Morgan fingerprint density at radius 3 is 1.04 bits per heavy atom. The Balaban J connectivity index is 0.000000131. The van der Waals surface area contributed by atoms with Crippen LogP contribution >= 0.6 is 0 Å². The molecule has 4 nitrogen and oxygen atoms in total. The maximum Gasteiger partial charge on any atom is 0.0894 e. The Kier molecular flexibility index (Phi) is 4.56. The molecular weight excluding hydrogens is 320 g/mol. The molecule has 0 aliphatic carbocycles. The minimum atomic E-state index is 0.915. The summed E-state index contributed by atoms with van der Waals surface area (Å²) in [6.07, 6.45) is 3.54. The Labute approximate surface area is 151 Å². The van der Waals surface area contributed by atoms with E-state index in [4.69, 9.17) is 0 Å². The first kappa shape index (κ1) is 15.8. The molecule has 0 amide bonds. The SMILES string of the molecule is c1ccc(-c2ccccn2)nc1.c1ccc2nc3ccccc3nc2c1. The van der Waals surface area contributed by atoms with Gasteiger partial charge in [-0.25, -0.2) is 9.97 Å². The molecule has 4 heteroatoms. The van der Waals surface area contributed by atoms with E-state index in [0.29, 0.717) is 0 Å². The normalized spacial score (nSPS) is 10.3. The molecule has 0 fully saturated rings. The minimum absolute atomic E-state index is 0.915. The lowest BCUT2D eigenvalue weighted by molar-refractivity contribution is 1.25. The van der Waals surface area contributed by atoms with Crippen LogP contribution in [0.1, 0.15) is 0 Å². The van der Waals surface area contributed by atoms with Crippen molar-refractivity contribution in [2.24, 2.45) is 0 Å². The highest BCUT2D eigenvalue weighted by molar-refractivity contribution is 5.85. The second kappa shape index (κ2) is 7.49. The fourth-order valence-corrected chi connectivity index (χ4v) is 2.59.